The van der Waals surface area contributed by atoms with Crippen LogP contribution < -0.4 is 10.1 Å². The van der Waals surface area contributed by atoms with Gasteiger partial charge >= 0.3 is 0 Å². The highest BCUT2D eigenvalue weighted by Crippen LogP contribution is 2.30. The van der Waals surface area contributed by atoms with Crippen molar-refractivity contribution in [2.75, 3.05) is 13.2 Å². The second-order valence-corrected chi connectivity index (χ2v) is 3.62. The molecule has 0 radical (unpaired) electrons. The third kappa shape index (κ3) is 2.86. The Hall–Kier alpha value is -0.730. The molecule has 1 atom stereocenters. The average molecular weight is 228 g/mol. The van der Waals surface area contributed by atoms with Crippen molar-refractivity contribution in [3.05, 3.63) is 29.8 Å². The molecule has 0 saturated carbocycles. The Balaban J connectivity index is 0.00000112. The fraction of sp³-hybridized carbons (Fsp3) is 0.500. The maximum Gasteiger partial charge on any atom is 0.124 e. The van der Waals surface area contributed by atoms with Crippen LogP contribution in [0.2, 0.25) is 0 Å². The first-order chi connectivity index (χ1) is 6.92. The average Bonchev–Trinajstić information content (AvgIpc) is 2.72. The van der Waals surface area contributed by atoms with Crippen LogP contribution in [0.15, 0.2) is 24.3 Å². The summed E-state index contributed by atoms with van der Waals surface area (Å²) >= 11 is 0. The van der Waals surface area contributed by atoms with Crippen molar-refractivity contribution in [2.45, 2.75) is 25.8 Å². The fourth-order valence-electron chi connectivity index (χ4n) is 2.01. The minimum Gasteiger partial charge on any atom is -0.494 e. The molecule has 1 fully saturated rings. The number of halogens is 1. The van der Waals surface area contributed by atoms with Crippen molar-refractivity contribution in [1.29, 1.82) is 0 Å². The van der Waals surface area contributed by atoms with Crippen LogP contribution in [-0.2, 0) is 0 Å². The maximum atomic E-state index is 5.61. The molecular weight excluding hydrogens is 210 g/mol. The lowest BCUT2D eigenvalue weighted by molar-refractivity contribution is 0.333. The Morgan fingerprint density at radius 1 is 1.40 bits per heavy atom. The van der Waals surface area contributed by atoms with E-state index in [1.54, 1.807) is 0 Å². The van der Waals surface area contributed by atoms with Gasteiger partial charge < -0.3 is 10.1 Å². The van der Waals surface area contributed by atoms with Gasteiger partial charge in [0.2, 0.25) is 0 Å². The van der Waals surface area contributed by atoms with Gasteiger partial charge in [-0.15, -0.1) is 12.4 Å². The Bertz CT molecular complexity index is 297. The monoisotopic (exact) mass is 227 g/mol. The first-order valence-corrected chi connectivity index (χ1v) is 5.37. The molecule has 1 saturated heterocycles. The van der Waals surface area contributed by atoms with E-state index in [0.29, 0.717) is 6.04 Å². The lowest BCUT2D eigenvalue weighted by Crippen LogP contribution is -2.14. The van der Waals surface area contributed by atoms with Crippen LogP contribution in [0.4, 0.5) is 0 Å². The third-order valence-electron chi connectivity index (χ3n) is 2.65. The molecule has 15 heavy (non-hydrogen) atoms. The van der Waals surface area contributed by atoms with E-state index in [-0.39, 0.29) is 12.4 Å². The Morgan fingerprint density at radius 2 is 2.20 bits per heavy atom. The zero-order valence-corrected chi connectivity index (χ0v) is 9.85. The van der Waals surface area contributed by atoms with E-state index in [2.05, 4.69) is 23.5 Å². The summed E-state index contributed by atoms with van der Waals surface area (Å²) in [4.78, 5) is 0. The number of ether oxygens (including phenoxy) is 1. The highest BCUT2D eigenvalue weighted by molar-refractivity contribution is 5.85. The standard InChI is InChI=1S/C12H17NO.ClH/c1-2-14-12-8-4-3-6-10(12)11-7-5-9-13-11;/h3-4,6,8,11,13H,2,5,7,9H2,1H3;1H/t11-;/m0./s1. The molecule has 0 aliphatic carbocycles. The number of benzene rings is 1. The van der Waals surface area contributed by atoms with Crippen LogP contribution in [0.25, 0.3) is 0 Å². The number of hydrogen-bond acceptors (Lipinski definition) is 2. The Labute approximate surface area is 97.4 Å². The lowest BCUT2D eigenvalue weighted by atomic mass is 10.0. The van der Waals surface area contributed by atoms with Gasteiger partial charge in [0.05, 0.1) is 6.61 Å². The molecule has 84 valence electrons. The van der Waals surface area contributed by atoms with Crippen molar-refractivity contribution < 1.29 is 4.74 Å². The molecular formula is C12H18ClNO. The van der Waals surface area contributed by atoms with E-state index in [1.165, 1.54) is 18.4 Å². The van der Waals surface area contributed by atoms with Gasteiger partial charge in [-0.25, -0.2) is 0 Å². The van der Waals surface area contributed by atoms with Crippen molar-refractivity contribution in [3.8, 4) is 5.75 Å². The molecule has 2 rings (SSSR count). The van der Waals surface area contributed by atoms with E-state index < -0.39 is 0 Å². The summed E-state index contributed by atoms with van der Waals surface area (Å²) in [5, 5.41) is 3.49. The van der Waals surface area contributed by atoms with Crippen LogP contribution in [0.5, 0.6) is 5.75 Å². The number of hydrogen-bond donors (Lipinski definition) is 1. The van der Waals surface area contributed by atoms with E-state index in [9.17, 15) is 0 Å². The SMILES string of the molecule is CCOc1ccccc1[C@@H]1CCCN1.Cl. The van der Waals surface area contributed by atoms with Crippen LogP contribution in [0.3, 0.4) is 0 Å². The first kappa shape index (κ1) is 12.3. The van der Waals surface area contributed by atoms with Crippen molar-refractivity contribution in [2.24, 2.45) is 0 Å². The van der Waals surface area contributed by atoms with Crippen LogP contribution in [-0.4, -0.2) is 13.2 Å². The van der Waals surface area contributed by atoms with E-state index in [1.807, 2.05) is 13.0 Å². The van der Waals surface area contributed by atoms with Crippen molar-refractivity contribution >= 4 is 12.4 Å². The van der Waals surface area contributed by atoms with Crippen LogP contribution in [0.1, 0.15) is 31.4 Å². The first-order valence-electron chi connectivity index (χ1n) is 5.37. The molecule has 1 aromatic carbocycles. The molecule has 1 heterocycles. The van der Waals surface area contributed by atoms with Gasteiger partial charge in [-0.2, -0.15) is 0 Å². The summed E-state index contributed by atoms with van der Waals surface area (Å²) < 4.78 is 5.61. The minimum atomic E-state index is 0. The van der Waals surface area contributed by atoms with Gasteiger partial charge in [0.25, 0.3) is 0 Å². The second kappa shape index (κ2) is 5.99. The maximum absolute atomic E-state index is 5.61. The molecule has 3 heteroatoms. The normalized spacial score (nSPS) is 19.7. The number of rotatable bonds is 3. The van der Waals surface area contributed by atoms with E-state index in [4.69, 9.17) is 4.74 Å². The molecule has 0 spiro atoms. The highest BCUT2D eigenvalue weighted by atomic mass is 35.5. The highest BCUT2D eigenvalue weighted by Gasteiger charge is 2.19. The molecule has 1 N–H and O–H groups in total. The zero-order valence-electron chi connectivity index (χ0n) is 9.03. The fourth-order valence-corrected chi connectivity index (χ4v) is 2.01. The largest absolute Gasteiger partial charge is 0.494 e. The van der Waals surface area contributed by atoms with Gasteiger partial charge in [-0.3, -0.25) is 0 Å². The van der Waals surface area contributed by atoms with Crippen molar-refractivity contribution in [3.63, 3.8) is 0 Å². The molecule has 0 amide bonds. The van der Waals surface area contributed by atoms with Crippen LogP contribution >= 0.6 is 12.4 Å². The topological polar surface area (TPSA) is 21.3 Å². The summed E-state index contributed by atoms with van der Waals surface area (Å²) in [6.07, 6.45) is 2.50. The number of nitrogens with one attached hydrogen (secondary N) is 1. The number of para-hydroxylation sites is 1. The lowest BCUT2D eigenvalue weighted by Gasteiger charge is -2.15. The quantitative estimate of drug-likeness (QED) is 0.858. The molecule has 2 nitrogen and oxygen atoms in total. The van der Waals surface area contributed by atoms with Gasteiger partial charge in [-0.05, 0) is 32.4 Å². The van der Waals surface area contributed by atoms with Gasteiger partial charge in [0, 0.05) is 11.6 Å². The van der Waals surface area contributed by atoms with Crippen LogP contribution in [0, 0.1) is 0 Å². The molecule has 1 aromatic rings. The zero-order chi connectivity index (χ0) is 9.80. The smallest absolute Gasteiger partial charge is 0.124 e. The third-order valence-corrected chi connectivity index (χ3v) is 2.65. The minimum absolute atomic E-state index is 0. The van der Waals surface area contributed by atoms with Crippen molar-refractivity contribution in [1.82, 2.24) is 5.32 Å². The summed E-state index contributed by atoms with van der Waals surface area (Å²) in [6.45, 7) is 3.90. The Kier molecular flexibility index (Phi) is 4.92. The van der Waals surface area contributed by atoms with Gasteiger partial charge in [-0.1, -0.05) is 18.2 Å². The summed E-state index contributed by atoms with van der Waals surface area (Å²) in [5.41, 5.74) is 1.31. The van der Waals surface area contributed by atoms with Gasteiger partial charge in [0.1, 0.15) is 5.75 Å². The molecule has 1 aliphatic rings. The van der Waals surface area contributed by atoms with E-state index in [0.717, 1.165) is 18.9 Å². The Morgan fingerprint density at radius 3 is 2.87 bits per heavy atom. The summed E-state index contributed by atoms with van der Waals surface area (Å²) in [7, 11) is 0. The predicted octanol–water partition coefficient (Wildman–Crippen LogP) is 2.93. The molecule has 1 aliphatic heterocycles. The molecule has 0 bridgehead atoms. The van der Waals surface area contributed by atoms with E-state index >= 15 is 0 Å². The summed E-state index contributed by atoms with van der Waals surface area (Å²) in [6, 6.07) is 8.83. The molecule has 0 aromatic heterocycles. The predicted molar refractivity (Wildman–Crippen MR) is 64.8 cm³/mol. The van der Waals surface area contributed by atoms with Gasteiger partial charge in [0.15, 0.2) is 0 Å². The molecule has 0 unspecified atom stereocenters. The second-order valence-electron chi connectivity index (χ2n) is 3.62. The summed E-state index contributed by atoms with van der Waals surface area (Å²) in [5.74, 6) is 1.04.